The quantitative estimate of drug-likeness (QED) is 0.569. The number of H-pyrrole nitrogens is 1. The topological polar surface area (TPSA) is 96.7 Å². The van der Waals surface area contributed by atoms with Crippen molar-refractivity contribution in [2.45, 2.75) is 13.5 Å². The van der Waals surface area contributed by atoms with Crippen molar-refractivity contribution in [2.24, 2.45) is 0 Å². The first-order valence-electron chi connectivity index (χ1n) is 8.48. The van der Waals surface area contributed by atoms with Crippen molar-refractivity contribution in [1.29, 1.82) is 0 Å². The molecular weight excluding hydrogens is 342 g/mol. The monoisotopic (exact) mass is 359 g/mol. The van der Waals surface area contributed by atoms with Crippen LogP contribution in [0.1, 0.15) is 21.9 Å². The summed E-state index contributed by atoms with van der Waals surface area (Å²) in [4.78, 5) is 16.6. The van der Waals surface area contributed by atoms with Crippen LogP contribution in [-0.2, 0) is 6.54 Å². The first kappa shape index (κ1) is 16.7. The third-order valence-electron chi connectivity index (χ3n) is 4.07. The molecule has 1 amide bonds. The number of carbonyl (C=O) groups is 1. The van der Waals surface area contributed by atoms with Gasteiger partial charge in [-0.15, -0.1) is 0 Å². The summed E-state index contributed by atoms with van der Waals surface area (Å²) >= 11 is 0. The van der Waals surface area contributed by atoms with Crippen LogP contribution in [0.2, 0.25) is 0 Å². The Kier molecular flexibility index (Phi) is 4.49. The second-order valence-electron chi connectivity index (χ2n) is 6.10. The molecule has 0 atom stereocenters. The number of hydrogen-bond acceptors (Lipinski definition) is 5. The van der Waals surface area contributed by atoms with E-state index in [0.29, 0.717) is 23.1 Å². The van der Waals surface area contributed by atoms with Gasteiger partial charge in [-0.25, -0.2) is 0 Å². The van der Waals surface area contributed by atoms with Gasteiger partial charge in [0.1, 0.15) is 5.69 Å². The Morgan fingerprint density at radius 1 is 1.07 bits per heavy atom. The molecule has 134 valence electrons. The number of aromatic nitrogens is 4. The summed E-state index contributed by atoms with van der Waals surface area (Å²) in [7, 11) is 0. The maximum atomic E-state index is 12.3. The van der Waals surface area contributed by atoms with Crippen LogP contribution in [-0.4, -0.2) is 26.2 Å². The van der Waals surface area contributed by atoms with Gasteiger partial charge in [0, 0.05) is 11.1 Å². The van der Waals surface area contributed by atoms with Crippen LogP contribution >= 0.6 is 0 Å². The van der Waals surface area contributed by atoms with Gasteiger partial charge in [-0.2, -0.15) is 10.1 Å². The predicted octanol–water partition coefficient (Wildman–Crippen LogP) is 3.37. The van der Waals surface area contributed by atoms with E-state index in [0.717, 1.165) is 11.1 Å². The maximum Gasteiger partial charge on any atom is 0.269 e. The molecule has 0 aliphatic carbocycles. The SMILES string of the molecule is Cc1ccc(-c2cc(C(=O)NCc3noc(-c4ccccc4)n3)[nH]n2)cc1. The minimum atomic E-state index is -0.285. The number of nitrogens with one attached hydrogen (secondary N) is 2. The lowest BCUT2D eigenvalue weighted by Crippen LogP contribution is -2.23. The van der Waals surface area contributed by atoms with Gasteiger partial charge in [0.05, 0.1) is 12.2 Å². The van der Waals surface area contributed by atoms with Crippen LogP contribution in [0.15, 0.2) is 65.2 Å². The summed E-state index contributed by atoms with van der Waals surface area (Å²) in [6, 6.07) is 19.1. The zero-order chi connectivity index (χ0) is 18.6. The molecule has 0 unspecified atom stereocenters. The molecule has 4 aromatic rings. The van der Waals surface area contributed by atoms with E-state index < -0.39 is 0 Å². The number of carbonyl (C=O) groups excluding carboxylic acids is 1. The molecule has 0 bridgehead atoms. The molecule has 0 fully saturated rings. The minimum Gasteiger partial charge on any atom is -0.343 e. The molecule has 2 aromatic carbocycles. The predicted molar refractivity (Wildman–Crippen MR) is 99.7 cm³/mol. The Balaban J connectivity index is 1.40. The zero-order valence-electron chi connectivity index (χ0n) is 14.6. The van der Waals surface area contributed by atoms with E-state index in [-0.39, 0.29) is 12.5 Å². The van der Waals surface area contributed by atoms with Gasteiger partial charge in [0.15, 0.2) is 5.82 Å². The van der Waals surface area contributed by atoms with E-state index in [9.17, 15) is 4.79 Å². The van der Waals surface area contributed by atoms with Crippen LogP contribution in [0.25, 0.3) is 22.7 Å². The van der Waals surface area contributed by atoms with Crippen LogP contribution in [0.5, 0.6) is 0 Å². The van der Waals surface area contributed by atoms with E-state index in [2.05, 4.69) is 25.7 Å². The standard InChI is InChI=1S/C20H17N5O2/c1-13-7-9-14(10-8-13)16-11-17(24-23-16)19(26)21-12-18-22-20(27-25-18)15-5-3-2-4-6-15/h2-11H,12H2,1H3,(H,21,26)(H,23,24). The third-order valence-corrected chi connectivity index (χ3v) is 4.07. The number of nitrogens with zero attached hydrogens (tertiary/aromatic N) is 3. The molecule has 7 nitrogen and oxygen atoms in total. The molecule has 0 saturated carbocycles. The molecule has 0 saturated heterocycles. The van der Waals surface area contributed by atoms with Crippen LogP contribution in [0.4, 0.5) is 0 Å². The van der Waals surface area contributed by atoms with Crippen LogP contribution < -0.4 is 5.32 Å². The Bertz CT molecular complexity index is 1050. The largest absolute Gasteiger partial charge is 0.343 e. The van der Waals surface area contributed by atoms with E-state index in [1.54, 1.807) is 6.07 Å². The van der Waals surface area contributed by atoms with Crippen LogP contribution in [0.3, 0.4) is 0 Å². The summed E-state index contributed by atoms with van der Waals surface area (Å²) < 4.78 is 5.23. The number of benzene rings is 2. The van der Waals surface area contributed by atoms with E-state index >= 15 is 0 Å². The van der Waals surface area contributed by atoms with Gasteiger partial charge in [0.25, 0.3) is 11.8 Å². The van der Waals surface area contributed by atoms with E-state index in [1.807, 2.05) is 61.5 Å². The van der Waals surface area contributed by atoms with Crippen molar-refractivity contribution >= 4 is 5.91 Å². The summed E-state index contributed by atoms with van der Waals surface area (Å²) in [5, 5.41) is 13.6. The van der Waals surface area contributed by atoms with Crippen molar-refractivity contribution < 1.29 is 9.32 Å². The fourth-order valence-corrected chi connectivity index (χ4v) is 2.59. The Labute approximate surface area is 155 Å². The highest BCUT2D eigenvalue weighted by molar-refractivity contribution is 5.93. The van der Waals surface area contributed by atoms with Crippen molar-refractivity contribution in [1.82, 2.24) is 25.7 Å². The Morgan fingerprint density at radius 2 is 1.85 bits per heavy atom. The average Bonchev–Trinajstić information content (AvgIpc) is 3.37. The molecule has 4 rings (SSSR count). The van der Waals surface area contributed by atoms with Gasteiger partial charge in [-0.1, -0.05) is 53.2 Å². The van der Waals surface area contributed by atoms with E-state index in [4.69, 9.17) is 4.52 Å². The first-order valence-corrected chi connectivity index (χ1v) is 8.48. The zero-order valence-corrected chi connectivity index (χ0v) is 14.6. The first-order chi connectivity index (χ1) is 13.2. The second-order valence-corrected chi connectivity index (χ2v) is 6.10. The molecule has 0 radical (unpaired) electrons. The van der Waals surface area contributed by atoms with Crippen molar-refractivity contribution in [3.05, 3.63) is 77.7 Å². The maximum absolute atomic E-state index is 12.3. The molecule has 2 aromatic heterocycles. The number of rotatable bonds is 5. The smallest absolute Gasteiger partial charge is 0.269 e. The molecule has 27 heavy (non-hydrogen) atoms. The lowest BCUT2D eigenvalue weighted by atomic mass is 10.1. The highest BCUT2D eigenvalue weighted by Gasteiger charge is 2.13. The lowest BCUT2D eigenvalue weighted by Gasteiger charge is -1.98. The van der Waals surface area contributed by atoms with Gasteiger partial charge in [0.2, 0.25) is 0 Å². The summed E-state index contributed by atoms with van der Waals surface area (Å²) in [5.74, 6) is 0.537. The number of hydrogen-bond donors (Lipinski definition) is 2. The van der Waals surface area contributed by atoms with Gasteiger partial charge in [-0.05, 0) is 25.1 Å². The van der Waals surface area contributed by atoms with Crippen molar-refractivity contribution in [2.75, 3.05) is 0 Å². The number of amides is 1. The van der Waals surface area contributed by atoms with Gasteiger partial charge >= 0.3 is 0 Å². The lowest BCUT2D eigenvalue weighted by molar-refractivity contribution is 0.0944. The highest BCUT2D eigenvalue weighted by atomic mass is 16.5. The molecule has 7 heteroatoms. The van der Waals surface area contributed by atoms with Crippen LogP contribution in [0, 0.1) is 6.92 Å². The third kappa shape index (κ3) is 3.77. The molecule has 2 N–H and O–H groups in total. The number of aromatic amines is 1. The fraction of sp³-hybridized carbons (Fsp3) is 0.100. The molecule has 2 heterocycles. The average molecular weight is 359 g/mol. The highest BCUT2D eigenvalue weighted by Crippen LogP contribution is 2.18. The van der Waals surface area contributed by atoms with E-state index in [1.165, 1.54) is 5.56 Å². The minimum absolute atomic E-state index is 0.161. The van der Waals surface area contributed by atoms with Crippen molar-refractivity contribution in [3.63, 3.8) is 0 Å². The van der Waals surface area contributed by atoms with Gasteiger partial charge < -0.3 is 9.84 Å². The summed E-state index contributed by atoms with van der Waals surface area (Å²) in [6.45, 7) is 2.18. The Morgan fingerprint density at radius 3 is 2.63 bits per heavy atom. The summed E-state index contributed by atoms with van der Waals surface area (Å²) in [6.07, 6.45) is 0. The molecule has 0 aliphatic heterocycles. The Hall–Kier alpha value is -3.74. The second kappa shape index (κ2) is 7.25. The molecular formula is C20H17N5O2. The normalized spacial score (nSPS) is 10.7. The van der Waals surface area contributed by atoms with Crippen molar-refractivity contribution in [3.8, 4) is 22.7 Å². The summed E-state index contributed by atoms with van der Waals surface area (Å²) in [5.41, 5.74) is 4.03. The fourth-order valence-electron chi connectivity index (χ4n) is 2.59. The molecule has 0 spiro atoms. The molecule has 0 aliphatic rings. The number of aryl methyl sites for hydroxylation is 1. The van der Waals surface area contributed by atoms with Gasteiger partial charge in [-0.3, -0.25) is 9.89 Å².